The number of carboxylic acid groups (broad SMARTS) is 1. The van der Waals surface area contributed by atoms with Gasteiger partial charge in [0.05, 0.1) is 0 Å². The molecule has 0 aliphatic rings. The van der Waals surface area contributed by atoms with Crippen molar-refractivity contribution in [3.05, 3.63) is 41.0 Å². The second kappa shape index (κ2) is 7.62. The van der Waals surface area contributed by atoms with E-state index in [-0.39, 0.29) is 5.91 Å². The van der Waals surface area contributed by atoms with Gasteiger partial charge in [0.2, 0.25) is 0 Å². The molecule has 114 valence electrons. The maximum Gasteiger partial charge on any atom is 0.328 e. The Morgan fingerprint density at radius 3 is 2.57 bits per heavy atom. The van der Waals surface area contributed by atoms with E-state index in [1.54, 1.807) is 30.1 Å². The number of rotatable bonds is 6. The van der Waals surface area contributed by atoms with Crippen LogP contribution >= 0.6 is 0 Å². The second-order valence-corrected chi connectivity index (χ2v) is 5.60. The van der Waals surface area contributed by atoms with E-state index >= 15 is 0 Å². The molecular weight excluding hydrogens is 266 g/mol. The number of amides is 1. The van der Waals surface area contributed by atoms with E-state index in [2.05, 4.69) is 13.8 Å². The summed E-state index contributed by atoms with van der Waals surface area (Å²) < 4.78 is 0. The molecule has 0 aliphatic heterocycles. The lowest BCUT2D eigenvalue weighted by Crippen LogP contribution is -2.29. The van der Waals surface area contributed by atoms with Crippen molar-refractivity contribution in [2.45, 2.75) is 27.2 Å². The molecule has 0 fully saturated rings. The summed E-state index contributed by atoms with van der Waals surface area (Å²) in [5.41, 5.74) is 2.17. The Balaban J connectivity index is 2.95. The monoisotopic (exact) mass is 289 g/mol. The van der Waals surface area contributed by atoms with Crippen LogP contribution in [0.25, 0.3) is 6.08 Å². The highest BCUT2D eigenvalue weighted by Gasteiger charge is 2.15. The van der Waals surface area contributed by atoms with E-state index in [9.17, 15) is 9.59 Å². The number of hydrogen-bond donors (Lipinski definition) is 1. The number of hydrogen-bond acceptors (Lipinski definition) is 2. The molecule has 0 saturated carbocycles. The molecule has 0 radical (unpaired) electrons. The minimum atomic E-state index is -1.000. The summed E-state index contributed by atoms with van der Waals surface area (Å²) in [5, 5.41) is 8.69. The molecule has 0 aliphatic carbocycles. The van der Waals surface area contributed by atoms with Crippen LogP contribution in [0, 0.1) is 12.8 Å². The van der Waals surface area contributed by atoms with Crippen molar-refractivity contribution in [1.82, 2.24) is 4.90 Å². The van der Waals surface area contributed by atoms with Crippen LogP contribution in [-0.2, 0) is 4.79 Å². The first-order valence-corrected chi connectivity index (χ1v) is 7.09. The molecule has 0 spiro atoms. The Labute approximate surface area is 126 Å². The summed E-state index contributed by atoms with van der Waals surface area (Å²) in [6.45, 7) is 6.80. The van der Waals surface area contributed by atoms with Gasteiger partial charge in [-0.2, -0.15) is 0 Å². The highest BCUT2D eigenvalue weighted by Crippen LogP contribution is 2.17. The van der Waals surface area contributed by atoms with Crippen molar-refractivity contribution < 1.29 is 14.7 Å². The van der Waals surface area contributed by atoms with Crippen LogP contribution in [0.4, 0.5) is 0 Å². The molecule has 1 amide bonds. The lowest BCUT2D eigenvalue weighted by atomic mass is 10.0. The van der Waals surface area contributed by atoms with Crippen LogP contribution in [0.15, 0.2) is 24.3 Å². The first-order valence-electron chi connectivity index (χ1n) is 7.09. The van der Waals surface area contributed by atoms with E-state index in [4.69, 9.17) is 5.11 Å². The first kappa shape index (κ1) is 17.0. The SMILES string of the molecule is Cc1c(C=CC(=O)O)cccc1C(=O)N(C)CCC(C)C. The molecule has 0 bridgehead atoms. The van der Waals surface area contributed by atoms with Crippen LogP contribution in [0.5, 0.6) is 0 Å². The molecule has 1 N–H and O–H groups in total. The Morgan fingerprint density at radius 1 is 1.33 bits per heavy atom. The van der Waals surface area contributed by atoms with Crippen LogP contribution in [-0.4, -0.2) is 35.5 Å². The lowest BCUT2D eigenvalue weighted by Gasteiger charge is -2.20. The van der Waals surface area contributed by atoms with Gasteiger partial charge in [0.1, 0.15) is 0 Å². The predicted molar refractivity (Wildman–Crippen MR) is 84.3 cm³/mol. The van der Waals surface area contributed by atoms with Gasteiger partial charge in [-0.3, -0.25) is 4.79 Å². The van der Waals surface area contributed by atoms with Crippen LogP contribution in [0.3, 0.4) is 0 Å². The molecule has 0 aromatic heterocycles. The lowest BCUT2D eigenvalue weighted by molar-refractivity contribution is -0.131. The van der Waals surface area contributed by atoms with E-state index in [0.29, 0.717) is 18.0 Å². The summed E-state index contributed by atoms with van der Waals surface area (Å²) in [7, 11) is 1.80. The number of aliphatic carboxylic acids is 1. The van der Waals surface area contributed by atoms with Gasteiger partial charge in [-0.05, 0) is 42.5 Å². The van der Waals surface area contributed by atoms with Crippen molar-refractivity contribution >= 4 is 18.0 Å². The zero-order chi connectivity index (χ0) is 16.0. The van der Waals surface area contributed by atoms with E-state index in [1.165, 1.54) is 6.08 Å². The summed E-state index contributed by atoms with van der Waals surface area (Å²) in [4.78, 5) is 24.8. The van der Waals surface area contributed by atoms with Gasteiger partial charge in [0, 0.05) is 25.2 Å². The normalized spacial score (nSPS) is 11.1. The largest absolute Gasteiger partial charge is 0.478 e. The smallest absolute Gasteiger partial charge is 0.328 e. The Kier molecular flexibility index (Phi) is 6.15. The number of carbonyl (C=O) groups is 2. The molecule has 4 heteroatoms. The third-order valence-corrected chi connectivity index (χ3v) is 3.40. The molecular formula is C17H23NO3. The minimum absolute atomic E-state index is 0.0290. The van der Waals surface area contributed by atoms with Gasteiger partial charge < -0.3 is 10.0 Å². The first-order chi connectivity index (χ1) is 9.82. The average molecular weight is 289 g/mol. The molecule has 0 heterocycles. The number of benzene rings is 1. The molecule has 21 heavy (non-hydrogen) atoms. The Bertz CT molecular complexity index is 547. The van der Waals surface area contributed by atoms with Crippen molar-refractivity contribution in [3.63, 3.8) is 0 Å². The second-order valence-electron chi connectivity index (χ2n) is 5.60. The van der Waals surface area contributed by atoms with Crippen molar-refractivity contribution in [2.75, 3.05) is 13.6 Å². The number of carbonyl (C=O) groups excluding carboxylic acids is 1. The van der Waals surface area contributed by atoms with Gasteiger partial charge in [-0.25, -0.2) is 4.79 Å². The third kappa shape index (κ3) is 5.06. The number of carboxylic acids is 1. The van der Waals surface area contributed by atoms with E-state index in [0.717, 1.165) is 23.6 Å². The predicted octanol–water partition coefficient (Wildman–Crippen LogP) is 3.21. The molecule has 0 atom stereocenters. The summed E-state index contributed by atoms with van der Waals surface area (Å²) >= 11 is 0. The van der Waals surface area contributed by atoms with Crippen molar-refractivity contribution in [1.29, 1.82) is 0 Å². The fourth-order valence-electron chi connectivity index (χ4n) is 1.99. The van der Waals surface area contributed by atoms with Gasteiger partial charge in [-0.15, -0.1) is 0 Å². The molecule has 1 aromatic rings. The standard InChI is InChI=1S/C17H23NO3/c1-12(2)10-11-18(4)17(21)15-7-5-6-14(13(15)3)8-9-16(19)20/h5-9,12H,10-11H2,1-4H3,(H,19,20). The van der Waals surface area contributed by atoms with Crippen LogP contribution in [0.1, 0.15) is 41.8 Å². The van der Waals surface area contributed by atoms with E-state index in [1.807, 2.05) is 6.92 Å². The molecule has 1 rings (SSSR count). The molecule has 0 saturated heterocycles. The minimum Gasteiger partial charge on any atom is -0.478 e. The maximum atomic E-state index is 12.5. The van der Waals surface area contributed by atoms with Gasteiger partial charge >= 0.3 is 5.97 Å². The van der Waals surface area contributed by atoms with Gasteiger partial charge in [0.25, 0.3) is 5.91 Å². The quantitative estimate of drug-likeness (QED) is 0.818. The highest BCUT2D eigenvalue weighted by atomic mass is 16.4. The van der Waals surface area contributed by atoms with E-state index < -0.39 is 5.97 Å². The van der Waals surface area contributed by atoms with Gasteiger partial charge in [0.15, 0.2) is 0 Å². The van der Waals surface area contributed by atoms with Gasteiger partial charge in [-0.1, -0.05) is 26.0 Å². The molecule has 1 aromatic carbocycles. The summed E-state index contributed by atoms with van der Waals surface area (Å²) in [5.74, 6) is -0.481. The summed E-state index contributed by atoms with van der Waals surface area (Å²) in [6, 6.07) is 5.36. The molecule has 4 nitrogen and oxygen atoms in total. The van der Waals surface area contributed by atoms with Crippen molar-refractivity contribution in [2.24, 2.45) is 5.92 Å². The maximum absolute atomic E-state index is 12.5. The zero-order valence-corrected chi connectivity index (χ0v) is 13.1. The Morgan fingerprint density at radius 2 is 2.00 bits per heavy atom. The fourth-order valence-corrected chi connectivity index (χ4v) is 1.99. The number of nitrogens with zero attached hydrogens (tertiary/aromatic N) is 1. The summed E-state index contributed by atoms with van der Waals surface area (Å²) in [6.07, 6.45) is 3.56. The third-order valence-electron chi connectivity index (χ3n) is 3.40. The molecule has 0 unspecified atom stereocenters. The van der Waals surface area contributed by atoms with Crippen LogP contribution < -0.4 is 0 Å². The Hall–Kier alpha value is -2.10. The highest BCUT2D eigenvalue weighted by molar-refractivity contribution is 5.96. The van der Waals surface area contributed by atoms with Crippen LogP contribution in [0.2, 0.25) is 0 Å². The fraction of sp³-hybridized carbons (Fsp3) is 0.412. The van der Waals surface area contributed by atoms with Crippen molar-refractivity contribution in [3.8, 4) is 0 Å². The topological polar surface area (TPSA) is 57.6 Å². The average Bonchev–Trinajstić information content (AvgIpc) is 2.42. The zero-order valence-electron chi connectivity index (χ0n) is 13.1.